The molecule has 4 nitrogen and oxygen atoms in total. The Morgan fingerprint density at radius 2 is 2.18 bits per heavy atom. The molecule has 1 atom stereocenters. The zero-order chi connectivity index (χ0) is 12.7. The van der Waals surface area contributed by atoms with Crippen molar-refractivity contribution in [3.05, 3.63) is 0 Å². The molecule has 1 heterocycles. The van der Waals surface area contributed by atoms with E-state index in [-0.39, 0.29) is 23.3 Å². The Hall–Kier alpha value is -1.02. The Morgan fingerprint density at radius 3 is 2.76 bits per heavy atom. The molecule has 1 N–H and O–H groups in total. The number of sulfone groups is 1. The Labute approximate surface area is 103 Å². The number of amides is 1. The molecule has 0 saturated carbocycles. The first kappa shape index (κ1) is 14.0. The maximum absolute atomic E-state index is 11.5. The number of nitrogens with one attached hydrogen (secondary N) is 1. The molecule has 1 saturated heterocycles. The van der Waals surface area contributed by atoms with Crippen LogP contribution in [0.3, 0.4) is 0 Å². The van der Waals surface area contributed by atoms with Crippen molar-refractivity contribution < 1.29 is 13.2 Å². The van der Waals surface area contributed by atoms with Gasteiger partial charge in [0.15, 0.2) is 9.84 Å². The quantitative estimate of drug-likeness (QED) is 0.563. The summed E-state index contributed by atoms with van der Waals surface area (Å²) in [6.45, 7) is 0.625. The van der Waals surface area contributed by atoms with E-state index in [1.54, 1.807) is 0 Å². The van der Waals surface area contributed by atoms with Gasteiger partial charge in [0.05, 0.1) is 11.5 Å². The van der Waals surface area contributed by atoms with Crippen LogP contribution in [0.15, 0.2) is 0 Å². The topological polar surface area (TPSA) is 63.2 Å². The molecule has 1 rings (SSSR count). The first-order valence-corrected chi connectivity index (χ1v) is 7.76. The molecule has 96 valence electrons. The Morgan fingerprint density at radius 1 is 1.41 bits per heavy atom. The molecule has 0 spiro atoms. The molecule has 0 radical (unpaired) electrons. The van der Waals surface area contributed by atoms with Crippen LogP contribution in [0.4, 0.5) is 0 Å². The lowest BCUT2D eigenvalue weighted by Gasteiger charge is -2.08. The van der Waals surface area contributed by atoms with E-state index in [1.165, 1.54) is 0 Å². The number of hydrogen-bond donors (Lipinski definition) is 1. The number of unbranched alkanes of at least 4 members (excludes halogenated alkanes) is 2. The summed E-state index contributed by atoms with van der Waals surface area (Å²) in [6.07, 6.45) is 8.57. The first-order valence-electron chi connectivity index (χ1n) is 5.94. The van der Waals surface area contributed by atoms with Crippen LogP contribution < -0.4 is 5.32 Å². The standard InChI is InChI=1S/C12H19NO3S/c1-2-3-4-5-7-13-12(14)9-11-6-8-17(15,16)10-11/h1,11H,3-10H2,(H,13,14). The van der Waals surface area contributed by atoms with Gasteiger partial charge in [0, 0.05) is 19.4 Å². The lowest BCUT2D eigenvalue weighted by molar-refractivity contribution is -0.121. The predicted octanol–water partition coefficient (Wildman–Crippen LogP) is 0.731. The van der Waals surface area contributed by atoms with Gasteiger partial charge in [-0.05, 0) is 25.2 Å². The van der Waals surface area contributed by atoms with Crippen molar-refractivity contribution in [2.75, 3.05) is 18.1 Å². The summed E-state index contributed by atoms with van der Waals surface area (Å²) in [5.41, 5.74) is 0. The third-order valence-corrected chi connectivity index (χ3v) is 4.71. The summed E-state index contributed by atoms with van der Waals surface area (Å²) in [7, 11) is -2.88. The molecule has 0 aromatic carbocycles. The summed E-state index contributed by atoms with van der Waals surface area (Å²) in [5, 5.41) is 2.79. The molecule has 0 aromatic heterocycles. The van der Waals surface area contributed by atoms with Crippen LogP contribution in [0.5, 0.6) is 0 Å². The molecule has 1 unspecified atom stereocenters. The Bertz CT molecular complexity index is 394. The van der Waals surface area contributed by atoms with Crippen LogP contribution in [0.2, 0.25) is 0 Å². The van der Waals surface area contributed by atoms with Gasteiger partial charge in [-0.15, -0.1) is 12.3 Å². The van der Waals surface area contributed by atoms with E-state index in [9.17, 15) is 13.2 Å². The molecule has 1 amide bonds. The highest BCUT2D eigenvalue weighted by Crippen LogP contribution is 2.21. The number of hydrogen-bond acceptors (Lipinski definition) is 3. The highest BCUT2D eigenvalue weighted by atomic mass is 32.2. The van der Waals surface area contributed by atoms with Crippen molar-refractivity contribution in [2.24, 2.45) is 5.92 Å². The minimum absolute atomic E-state index is 0.00529. The van der Waals surface area contributed by atoms with E-state index in [1.807, 2.05) is 0 Å². The number of carbonyl (C=O) groups excluding carboxylic acids is 1. The highest BCUT2D eigenvalue weighted by molar-refractivity contribution is 7.91. The second-order valence-electron chi connectivity index (χ2n) is 4.48. The molecule has 1 aliphatic heterocycles. The van der Waals surface area contributed by atoms with Crippen molar-refractivity contribution in [1.82, 2.24) is 5.32 Å². The van der Waals surface area contributed by atoms with Gasteiger partial charge in [0.1, 0.15) is 0 Å². The van der Waals surface area contributed by atoms with E-state index >= 15 is 0 Å². The molecular formula is C12H19NO3S. The normalized spacial score (nSPS) is 21.9. The summed E-state index contributed by atoms with van der Waals surface area (Å²) in [5.74, 6) is 2.89. The zero-order valence-corrected chi connectivity index (χ0v) is 10.8. The summed E-state index contributed by atoms with van der Waals surface area (Å²) < 4.78 is 22.4. The van der Waals surface area contributed by atoms with Crippen molar-refractivity contribution in [2.45, 2.75) is 32.1 Å². The number of terminal acetylenes is 1. The van der Waals surface area contributed by atoms with Crippen molar-refractivity contribution in [3.8, 4) is 12.3 Å². The molecule has 0 aromatic rings. The minimum Gasteiger partial charge on any atom is -0.356 e. The smallest absolute Gasteiger partial charge is 0.220 e. The average Bonchev–Trinajstić information content (AvgIpc) is 2.57. The van der Waals surface area contributed by atoms with Crippen LogP contribution >= 0.6 is 0 Å². The predicted molar refractivity (Wildman–Crippen MR) is 67.1 cm³/mol. The average molecular weight is 257 g/mol. The van der Waals surface area contributed by atoms with Crippen LogP contribution in [0.25, 0.3) is 0 Å². The summed E-state index contributed by atoms with van der Waals surface area (Å²) in [4.78, 5) is 11.5. The molecule has 1 aliphatic rings. The van der Waals surface area contributed by atoms with Crippen molar-refractivity contribution >= 4 is 15.7 Å². The van der Waals surface area contributed by atoms with E-state index in [2.05, 4.69) is 11.2 Å². The lowest BCUT2D eigenvalue weighted by Crippen LogP contribution is -2.26. The number of rotatable bonds is 6. The fourth-order valence-electron chi connectivity index (χ4n) is 1.95. The Balaban J connectivity index is 2.12. The second kappa shape index (κ2) is 6.65. The van der Waals surface area contributed by atoms with Gasteiger partial charge in [-0.3, -0.25) is 4.79 Å². The van der Waals surface area contributed by atoms with Crippen molar-refractivity contribution in [1.29, 1.82) is 0 Å². The minimum atomic E-state index is -2.88. The van der Waals surface area contributed by atoms with Crippen molar-refractivity contribution in [3.63, 3.8) is 0 Å². The van der Waals surface area contributed by atoms with E-state index < -0.39 is 9.84 Å². The zero-order valence-electron chi connectivity index (χ0n) is 9.94. The molecule has 0 bridgehead atoms. The van der Waals surface area contributed by atoms with Gasteiger partial charge in [-0.2, -0.15) is 0 Å². The SMILES string of the molecule is C#CCCCCNC(=O)CC1CCS(=O)(=O)C1. The first-order chi connectivity index (χ1) is 8.03. The van der Waals surface area contributed by atoms with Gasteiger partial charge < -0.3 is 5.32 Å². The van der Waals surface area contributed by atoms with Crippen LogP contribution in [0, 0.1) is 18.3 Å². The van der Waals surface area contributed by atoms with Crippen LogP contribution in [-0.2, 0) is 14.6 Å². The molecule has 17 heavy (non-hydrogen) atoms. The van der Waals surface area contributed by atoms with Gasteiger partial charge in [0.2, 0.25) is 5.91 Å². The highest BCUT2D eigenvalue weighted by Gasteiger charge is 2.29. The number of carbonyl (C=O) groups is 1. The summed E-state index contributed by atoms with van der Waals surface area (Å²) in [6, 6.07) is 0. The maximum Gasteiger partial charge on any atom is 0.220 e. The third kappa shape index (κ3) is 5.73. The fourth-order valence-corrected chi connectivity index (χ4v) is 3.81. The fraction of sp³-hybridized carbons (Fsp3) is 0.750. The van der Waals surface area contributed by atoms with Gasteiger partial charge in [-0.1, -0.05) is 0 Å². The van der Waals surface area contributed by atoms with Crippen LogP contribution in [-0.4, -0.2) is 32.4 Å². The third-order valence-electron chi connectivity index (χ3n) is 2.87. The molecule has 1 fully saturated rings. The van der Waals surface area contributed by atoms with Gasteiger partial charge in [0.25, 0.3) is 0 Å². The second-order valence-corrected chi connectivity index (χ2v) is 6.71. The Kier molecular flexibility index (Phi) is 5.49. The van der Waals surface area contributed by atoms with Gasteiger partial charge in [-0.25, -0.2) is 8.42 Å². The lowest BCUT2D eigenvalue weighted by atomic mass is 10.1. The summed E-state index contributed by atoms with van der Waals surface area (Å²) >= 11 is 0. The molecule has 5 heteroatoms. The van der Waals surface area contributed by atoms with Crippen LogP contribution in [0.1, 0.15) is 32.1 Å². The molecule has 0 aliphatic carbocycles. The maximum atomic E-state index is 11.5. The van der Waals surface area contributed by atoms with E-state index in [4.69, 9.17) is 6.42 Å². The van der Waals surface area contributed by atoms with E-state index in [0.29, 0.717) is 19.4 Å². The largest absolute Gasteiger partial charge is 0.356 e. The van der Waals surface area contributed by atoms with Gasteiger partial charge >= 0.3 is 0 Å². The monoisotopic (exact) mass is 257 g/mol. The van der Waals surface area contributed by atoms with E-state index in [0.717, 1.165) is 19.3 Å². The molecular weight excluding hydrogens is 238 g/mol.